The number of benzene rings is 2. The Bertz CT molecular complexity index is 956. The van der Waals surface area contributed by atoms with Gasteiger partial charge in [0.15, 0.2) is 0 Å². The molecule has 2 N–H and O–H groups in total. The minimum absolute atomic E-state index is 0.109. The van der Waals surface area contributed by atoms with Crippen molar-refractivity contribution in [3.8, 4) is 5.75 Å². The van der Waals surface area contributed by atoms with Gasteiger partial charge in [0.05, 0.1) is 12.7 Å². The van der Waals surface area contributed by atoms with Crippen LogP contribution in [0.3, 0.4) is 0 Å². The monoisotopic (exact) mass is 468 g/mol. The lowest BCUT2D eigenvalue weighted by Crippen LogP contribution is -2.59. The summed E-state index contributed by atoms with van der Waals surface area (Å²) < 4.78 is 11.1. The second kappa shape index (κ2) is 10.4. The Balaban J connectivity index is 1.97. The van der Waals surface area contributed by atoms with Crippen LogP contribution in [0.4, 0.5) is 4.79 Å². The maximum atomic E-state index is 12.9. The first-order valence-electron chi connectivity index (χ1n) is 12.0. The number of nitrogens with one attached hydrogen (secondary N) is 1. The van der Waals surface area contributed by atoms with Gasteiger partial charge in [-0.05, 0) is 83.8 Å². The molecule has 3 unspecified atom stereocenters. The fourth-order valence-corrected chi connectivity index (χ4v) is 5.13. The smallest absolute Gasteiger partial charge is 0.408 e. The first-order chi connectivity index (χ1) is 15.9. The molecule has 6 heteroatoms. The van der Waals surface area contributed by atoms with Crippen molar-refractivity contribution in [1.82, 2.24) is 10.2 Å². The molecule has 1 aliphatic carbocycles. The van der Waals surface area contributed by atoms with Crippen LogP contribution in [0.25, 0.3) is 0 Å². The highest BCUT2D eigenvalue weighted by Gasteiger charge is 2.50. The van der Waals surface area contributed by atoms with Gasteiger partial charge in [-0.1, -0.05) is 42.5 Å². The molecule has 1 aliphatic rings. The Morgan fingerprint density at radius 3 is 2.44 bits per heavy atom. The number of ether oxygens (including phenoxy) is 2. The molecule has 6 nitrogen and oxygen atoms in total. The van der Waals surface area contributed by atoms with Gasteiger partial charge in [0.2, 0.25) is 0 Å². The molecule has 1 saturated carbocycles. The van der Waals surface area contributed by atoms with Crippen molar-refractivity contribution in [1.29, 1.82) is 0 Å². The normalized spacial score (nSPS) is 25.1. The number of hydrogen-bond acceptors (Lipinski definition) is 5. The fraction of sp³-hybridized carbons (Fsp3) is 0.536. The number of nitrogens with zero attached hydrogens (tertiary/aromatic N) is 1. The van der Waals surface area contributed by atoms with Gasteiger partial charge in [0, 0.05) is 18.0 Å². The molecule has 0 bridgehead atoms. The highest BCUT2D eigenvalue weighted by molar-refractivity contribution is 5.69. The summed E-state index contributed by atoms with van der Waals surface area (Å²) in [6.07, 6.45) is 2.01. The quantitative estimate of drug-likeness (QED) is 0.614. The maximum Gasteiger partial charge on any atom is 0.408 e. The van der Waals surface area contributed by atoms with E-state index in [4.69, 9.17) is 9.47 Å². The molecule has 3 rings (SSSR count). The van der Waals surface area contributed by atoms with E-state index in [0.29, 0.717) is 32.2 Å². The van der Waals surface area contributed by atoms with Gasteiger partial charge in [-0.3, -0.25) is 0 Å². The zero-order valence-corrected chi connectivity index (χ0v) is 21.4. The summed E-state index contributed by atoms with van der Waals surface area (Å²) in [5, 5.41) is 15.3. The van der Waals surface area contributed by atoms with E-state index < -0.39 is 22.8 Å². The number of aliphatic hydroxyl groups is 1. The third-order valence-corrected chi connectivity index (χ3v) is 6.60. The van der Waals surface area contributed by atoms with Gasteiger partial charge < -0.3 is 24.8 Å². The van der Waals surface area contributed by atoms with E-state index in [2.05, 4.69) is 22.3 Å². The molecule has 0 spiro atoms. The molecule has 2 aromatic rings. The van der Waals surface area contributed by atoms with Gasteiger partial charge in [-0.25, -0.2) is 4.79 Å². The van der Waals surface area contributed by atoms with Crippen molar-refractivity contribution in [2.24, 2.45) is 5.92 Å². The summed E-state index contributed by atoms with van der Waals surface area (Å²) in [6, 6.07) is 17.9. The molecule has 3 atom stereocenters. The van der Waals surface area contributed by atoms with Crippen LogP contribution in [0.2, 0.25) is 0 Å². The Labute approximate surface area is 204 Å². The predicted molar refractivity (Wildman–Crippen MR) is 135 cm³/mol. The number of carbonyl (C=O) groups excluding carboxylic acids is 1. The van der Waals surface area contributed by atoms with Crippen molar-refractivity contribution in [2.75, 3.05) is 27.7 Å². The molecule has 0 aromatic heterocycles. The van der Waals surface area contributed by atoms with Crippen LogP contribution in [0.1, 0.15) is 51.2 Å². The Morgan fingerprint density at radius 1 is 1.12 bits per heavy atom. The van der Waals surface area contributed by atoms with E-state index in [9.17, 15) is 9.90 Å². The molecule has 2 aromatic carbocycles. The minimum Gasteiger partial charge on any atom is -0.497 e. The summed E-state index contributed by atoms with van der Waals surface area (Å²) in [7, 11) is 5.67. The van der Waals surface area contributed by atoms with Gasteiger partial charge in [-0.15, -0.1) is 0 Å². The van der Waals surface area contributed by atoms with E-state index in [1.54, 1.807) is 7.11 Å². The van der Waals surface area contributed by atoms with Crippen molar-refractivity contribution >= 4 is 6.09 Å². The van der Waals surface area contributed by atoms with E-state index >= 15 is 0 Å². The first kappa shape index (κ1) is 26.0. The third kappa shape index (κ3) is 6.51. The molecule has 1 fully saturated rings. The zero-order chi connectivity index (χ0) is 25.0. The van der Waals surface area contributed by atoms with Crippen molar-refractivity contribution < 1.29 is 19.4 Å². The summed E-state index contributed by atoms with van der Waals surface area (Å²) >= 11 is 0. The van der Waals surface area contributed by atoms with Crippen LogP contribution >= 0.6 is 0 Å². The van der Waals surface area contributed by atoms with Crippen LogP contribution < -0.4 is 10.1 Å². The lowest BCUT2D eigenvalue weighted by atomic mass is 9.63. The Kier molecular flexibility index (Phi) is 7.94. The highest BCUT2D eigenvalue weighted by atomic mass is 16.6. The largest absolute Gasteiger partial charge is 0.497 e. The van der Waals surface area contributed by atoms with Crippen LogP contribution in [-0.2, 0) is 16.8 Å². The standard InChI is InChI=1S/C28H40N2O4/c1-26(2,3)34-25(31)29-27(18-21-11-8-7-9-12-21)15-16-28(32,23(19-27)20-30(4)5)22-13-10-14-24(17-22)33-6/h7-14,17,23,32H,15-16,18-20H2,1-6H3,(H,29,31). The summed E-state index contributed by atoms with van der Waals surface area (Å²) in [5.74, 6) is 0.615. The van der Waals surface area contributed by atoms with Gasteiger partial charge in [0.25, 0.3) is 0 Å². The second-order valence-electron chi connectivity index (χ2n) is 10.9. The third-order valence-electron chi connectivity index (χ3n) is 6.60. The number of amides is 1. The molecular formula is C28H40N2O4. The van der Waals surface area contributed by atoms with E-state index in [0.717, 1.165) is 16.9 Å². The van der Waals surface area contributed by atoms with Crippen LogP contribution in [0.5, 0.6) is 5.75 Å². The lowest BCUT2D eigenvalue weighted by Gasteiger charge is -2.50. The molecular weight excluding hydrogens is 428 g/mol. The summed E-state index contributed by atoms with van der Waals surface area (Å²) in [5.41, 5.74) is -0.153. The molecule has 34 heavy (non-hydrogen) atoms. The fourth-order valence-electron chi connectivity index (χ4n) is 5.13. The van der Waals surface area contributed by atoms with E-state index in [1.165, 1.54) is 0 Å². The van der Waals surface area contributed by atoms with Gasteiger partial charge in [-0.2, -0.15) is 0 Å². The number of rotatable bonds is 7. The predicted octanol–water partition coefficient (Wildman–Crippen LogP) is 4.75. The molecule has 0 heterocycles. The lowest BCUT2D eigenvalue weighted by molar-refractivity contribution is -0.0862. The zero-order valence-electron chi connectivity index (χ0n) is 21.4. The summed E-state index contributed by atoms with van der Waals surface area (Å²) in [4.78, 5) is 15.0. The van der Waals surface area contributed by atoms with Crippen LogP contribution in [0, 0.1) is 5.92 Å². The number of methoxy groups -OCH3 is 1. The average molecular weight is 469 g/mol. The Hall–Kier alpha value is -2.57. The molecule has 0 radical (unpaired) electrons. The molecule has 1 amide bonds. The number of hydrogen-bond donors (Lipinski definition) is 2. The minimum atomic E-state index is -1.03. The second-order valence-corrected chi connectivity index (χ2v) is 10.9. The highest BCUT2D eigenvalue weighted by Crippen LogP contribution is 2.47. The SMILES string of the molecule is COc1cccc(C2(O)CCC(Cc3ccccc3)(NC(=O)OC(C)(C)C)CC2CN(C)C)c1. The van der Waals surface area contributed by atoms with Crippen LogP contribution in [0.15, 0.2) is 54.6 Å². The average Bonchev–Trinajstić information content (AvgIpc) is 2.75. The van der Waals surface area contributed by atoms with E-state index in [-0.39, 0.29) is 5.92 Å². The van der Waals surface area contributed by atoms with Gasteiger partial charge >= 0.3 is 6.09 Å². The van der Waals surface area contributed by atoms with Crippen LogP contribution in [-0.4, -0.2) is 55.0 Å². The van der Waals surface area contributed by atoms with Crippen molar-refractivity contribution in [3.63, 3.8) is 0 Å². The molecule has 0 saturated heterocycles. The Morgan fingerprint density at radius 2 is 1.82 bits per heavy atom. The van der Waals surface area contributed by atoms with Gasteiger partial charge in [0.1, 0.15) is 11.4 Å². The van der Waals surface area contributed by atoms with E-state index in [1.807, 2.05) is 77.3 Å². The van der Waals surface area contributed by atoms with Crippen molar-refractivity contribution in [2.45, 2.75) is 63.2 Å². The topological polar surface area (TPSA) is 71.0 Å². The maximum absolute atomic E-state index is 12.9. The molecule has 0 aliphatic heterocycles. The summed E-state index contributed by atoms with van der Waals surface area (Å²) in [6.45, 7) is 6.29. The molecule has 186 valence electrons. The van der Waals surface area contributed by atoms with Crippen molar-refractivity contribution in [3.05, 3.63) is 65.7 Å². The first-order valence-corrected chi connectivity index (χ1v) is 12.0. The number of alkyl carbamates (subject to hydrolysis) is 1. The number of carbonyl (C=O) groups is 1.